The predicted molar refractivity (Wildman–Crippen MR) is 115 cm³/mol. The first-order chi connectivity index (χ1) is 15.1. The molecule has 2 aromatic heterocycles. The number of ether oxygens (including phenoxy) is 1. The second-order valence-electron chi connectivity index (χ2n) is 7.16. The molecule has 31 heavy (non-hydrogen) atoms. The number of hydrogen-bond donors (Lipinski definition) is 1. The fraction of sp³-hybridized carbons (Fsp3) is 0.333. The Bertz CT molecular complexity index is 1040. The van der Waals surface area contributed by atoms with E-state index in [1.165, 1.54) is 11.8 Å². The van der Waals surface area contributed by atoms with Crippen molar-refractivity contribution < 1.29 is 18.7 Å². The number of nitrogens with zero attached hydrogens (tertiary/aromatic N) is 4. The summed E-state index contributed by atoms with van der Waals surface area (Å²) in [6.45, 7) is 1.08. The molecule has 0 aliphatic carbocycles. The number of carbonyl (C=O) groups excluding carboxylic acids is 2. The highest BCUT2D eigenvalue weighted by Crippen LogP contribution is 2.29. The van der Waals surface area contributed by atoms with Crippen molar-refractivity contribution in [1.29, 1.82) is 0 Å². The second kappa shape index (κ2) is 9.25. The third-order valence-electron chi connectivity index (χ3n) is 5.28. The van der Waals surface area contributed by atoms with E-state index in [1.807, 2.05) is 34.9 Å². The lowest BCUT2D eigenvalue weighted by Crippen LogP contribution is -2.42. The molecule has 3 heterocycles. The average molecular weight is 442 g/mol. The molecule has 0 radical (unpaired) electrons. The van der Waals surface area contributed by atoms with E-state index >= 15 is 0 Å². The van der Waals surface area contributed by atoms with E-state index in [2.05, 4.69) is 10.2 Å². The number of furan rings is 1. The van der Waals surface area contributed by atoms with Gasteiger partial charge in [0, 0.05) is 19.0 Å². The molecule has 2 N–H and O–H groups in total. The van der Waals surface area contributed by atoms with Gasteiger partial charge in [0.2, 0.25) is 17.6 Å². The van der Waals surface area contributed by atoms with Crippen molar-refractivity contribution in [3.63, 3.8) is 0 Å². The molecule has 1 aromatic carbocycles. The fourth-order valence-corrected chi connectivity index (χ4v) is 4.38. The summed E-state index contributed by atoms with van der Waals surface area (Å²) >= 11 is 1.31. The van der Waals surface area contributed by atoms with Gasteiger partial charge in [-0.3, -0.25) is 14.2 Å². The molecule has 1 aliphatic rings. The quantitative estimate of drug-likeness (QED) is 0.559. The largest absolute Gasteiger partial charge is 0.497 e. The van der Waals surface area contributed by atoms with Gasteiger partial charge in [-0.1, -0.05) is 11.8 Å². The van der Waals surface area contributed by atoms with Crippen LogP contribution in [0.5, 0.6) is 5.75 Å². The Morgan fingerprint density at radius 1 is 1.19 bits per heavy atom. The average Bonchev–Trinajstić information content (AvgIpc) is 3.47. The Morgan fingerprint density at radius 2 is 1.94 bits per heavy atom. The Labute approximate surface area is 183 Å². The zero-order valence-corrected chi connectivity index (χ0v) is 17.9. The van der Waals surface area contributed by atoms with Crippen LogP contribution in [0.25, 0.3) is 17.3 Å². The predicted octanol–water partition coefficient (Wildman–Crippen LogP) is 2.35. The summed E-state index contributed by atoms with van der Waals surface area (Å²) in [5, 5.41) is 9.16. The maximum atomic E-state index is 12.7. The number of rotatable bonds is 7. The number of thioether (sulfide) groups is 1. The van der Waals surface area contributed by atoms with Crippen molar-refractivity contribution in [2.45, 2.75) is 18.0 Å². The Morgan fingerprint density at radius 3 is 2.55 bits per heavy atom. The zero-order valence-electron chi connectivity index (χ0n) is 17.1. The Balaban J connectivity index is 1.52. The Kier molecular flexibility index (Phi) is 6.26. The summed E-state index contributed by atoms with van der Waals surface area (Å²) in [4.78, 5) is 25.8. The number of benzene rings is 1. The van der Waals surface area contributed by atoms with E-state index in [0.717, 1.165) is 11.4 Å². The van der Waals surface area contributed by atoms with Gasteiger partial charge in [-0.25, -0.2) is 0 Å². The van der Waals surface area contributed by atoms with Gasteiger partial charge in [0.1, 0.15) is 5.75 Å². The number of likely N-dealkylation sites (tertiary alicyclic amines) is 1. The van der Waals surface area contributed by atoms with E-state index in [9.17, 15) is 9.59 Å². The molecular formula is C21H23N5O4S. The number of amides is 2. The summed E-state index contributed by atoms with van der Waals surface area (Å²) in [5.41, 5.74) is 6.20. The number of methoxy groups -OCH3 is 1. The summed E-state index contributed by atoms with van der Waals surface area (Å²) in [7, 11) is 1.61. The second-order valence-corrected chi connectivity index (χ2v) is 8.11. The molecule has 1 aliphatic heterocycles. The van der Waals surface area contributed by atoms with Gasteiger partial charge < -0.3 is 19.8 Å². The number of primary amides is 1. The molecule has 2 amide bonds. The molecule has 4 rings (SSSR count). The van der Waals surface area contributed by atoms with Crippen molar-refractivity contribution in [2.24, 2.45) is 11.7 Å². The van der Waals surface area contributed by atoms with Gasteiger partial charge in [0.15, 0.2) is 10.9 Å². The van der Waals surface area contributed by atoms with Gasteiger partial charge in [-0.2, -0.15) is 0 Å². The first-order valence-corrected chi connectivity index (χ1v) is 10.9. The van der Waals surface area contributed by atoms with Crippen LogP contribution in [-0.2, 0) is 9.59 Å². The number of nitrogens with two attached hydrogens (primary N) is 1. The van der Waals surface area contributed by atoms with Crippen LogP contribution in [0.2, 0.25) is 0 Å². The maximum absolute atomic E-state index is 12.7. The lowest BCUT2D eigenvalue weighted by Gasteiger charge is -2.30. The van der Waals surface area contributed by atoms with Crippen molar-refractivity contribution in [3.05, 3.63) is 42.7 Å². The summed E-state index contributed by atoms with van der Waals surface area (Å²) in [6, 6.07) is 11.1. The van der Waals surface area contributed by atoms with E-state index in [4.69, 9.17) is 14.9 Å². The molecule has 0 spiro atoms. The standard InChI is InChI=1S/C21H23N5O4S/c1-29-16-6-4-15(5-7-16)26-20(17-3-2-12-30-17)23-24-21(26)31-13-18(27)25-10-8-14(9-11-25)19(22)28/h2-7,12,14H,8-11,13H2,1H3,(H2,22,28). The number of hydrogen-bond acceptors (Lipinski definition) is 7. The minimum absolute atomic E-state index is 0.00301. The molecule has 10 heteroatoms. The molecule has 162 valence electrons. The SMILES string of the molecule is COc1ccc(-n2c(SCC(=O)N3CCC(C(N)=O)CC3)nnc2-c2ccco2)cc1. The van der Waals surface area contributed by atoms with Gasteiger partial charge >= 0.3 is 0 Å². The first-order valence-electron chi connectivity index (χ1n) is 9.90. The van der Waals surface area contributed by atoms with Crippen molar-refractivity contribution in [1.82, 2.24) is 19.7 Å². The van der Waals surface area contributed by atoms with Gasteiger partial charge in [0.25, 0.3) is 0 Å². The van der Waals surface area contributed by atoms with Crippen molar-refractivity contribution >= 4 is 23.6 Å². The monoisotopic (exact) mass is 441 g/mol. The smallest absolute Gasteiger partial charge is 0.233 e. The van der Waals surface area contributed by atoms with Crippen LogP contribution in [0.1, 0.15) is 12.8 Å². The summed E-state index contributed by atoms with van der Waals surface area (Å²) in [5.74, 6) is 1.64. The molecule has 3 aromatic rings. The molecule has 0 atom stereocenters. The Hall–Kier alpha value is -3.27. The molecule has 1 fully saturated rings. The number of aromatic nitrogens is 3. The third kappa shape index (κ3) is 4.58. The van der Waals surface area contributed by atoms with Gasteiger partial charge in [-0.05, 0) is 49.2 Å². The minimum Gasteiger partial charge on any atom is -0.497 e. The van der Waals surface area contributed by atoms with Crippen LogP contribution in [0.4, 0.5) is 0 Å². The minimum atomic E-state index is -0.292. The van der Waals surface area contributed by atoms with Crippen LogP contribution in [0.15, 0.2) is 52.2 Å². The molecule has 0 unspecified atom stereocenters. The first kappa shape index (κ1) is 21.0. The number of carbonyl (C=O) groups is 2. The van der Waals surface area contributed by atoms with E-state index in [0.29, 0.717) is 42.7 Å². The highest BCUT2D eigenvalue weighted by atomic mass is 32.2. The van der Waals surface area contributed by atoms with Crippen molar-refractivity contribution in [2.75, 3.05) is 26.0 Å². The third-order valence-corrected chi connectivity index (χ3v) is 6.19. The lowest BCUT2D eigenvalue weighted by atomic mass is 9.96. The summed E-state index contributed by atoms with van der Waals surface area (Å²) < 4.78 is 12.6. The van der Waals surface area contributed by atoms with Gasteiger partial charge in [0.05, 0.1) is 24.8 Å². The lowest BCUT2D eigenvalue weighted by molar-refractivity contribution is -0.132. The molecule has 1 saturated heterocycles. The van der Waals surface area contributed by atoms with E-state index in [-0.39, 0.29) is 23.5 Å². The highest BCUT2D eigenvalue weighted by molar-refractivity contribution is 7.99. The van der Waals surface area contributed by atoms with Crippen LogP contribution in [0, 0.1) is 5.92 Å². The normalized spacial score (nSPS) is 14.5. The van der Waals surface area contributed by atoms with E-state index < -0.39 is 0 Å². The molecule has 0 bridgehead atoms. The number of piperidine rings is 1. The summed E-state index contributed by atoms with van der Waals surface area (Å²) in [6.07, 6.45) is 2.79. The highest BCUT2D eigenvalue weighted by Gasteiger charge is 2.26. The maximum Gasteiger partial charge on any atom is 0.233 e. The fourth-order valence-electron chi connectivity index (χ4n) is 3.52. The molecular weight excluding hydrogens is 418 g/mol. The van der Waals surface area contributed by atoms with Crippen LogP contribution < -0.4 is 10.5 Å². The van der Waals surface area contributed by atoms with Gasteiger partial charge in [-0.15, -0.1) is 10.2 Å². The van der Waals surface area contributed by atoms with Crippen LogP contribution >= 0.6 is 11.8 Å². The van der Waals surface area contributed by atoms with Crippen molar-refractivity contribution in [3.8, 4) is 23.0 Å². The molecule has 0 saturated carbocycles. The van der Waals surface area contributed by atoms with Crippen LogP contribution in [0.3, 0.4) is 0 Å². The van der Waals surface area contributed by atoms with Crippen LogP contribution in [-0.4, -0.2) is 57.4 Å². The molecule has 9 nitrogen and oxygen atoms in total. The zero-order chi connectivity index (χ0) is 21.8. The van der Waals surface area contributed by atoms with E-state index in [1.54, 1.807) is 24.3 Å². The topological polar surface area (TPSA) is 116 Å².